The van der Waals surface area contributed by atoms with Gasteiger partial charge in [-0.15, -0.1) is 13.2 Å². The molecule has 2 rings (SSSR count). The third-order valence-corrected chi connectivity index (χ3v) is 2.43. The van der Waals surface area contributed by atoms with Crippen molar-refractivity contribution in [2.75, 3.05) is 0 Å². The zero-order valence-electron chi connectivity index (χ0n) is 9.61. The summed E-state index contributed by atoms with van der Waals surface area (Å²) in [6, 6.07) is 5.80. The second-order valence-electron chi connectivity index (χ2n) is 3.79. The number of hydrogen-bond acceptors (Lipinski definition) is 2. The molecular weight excluding hydrogens is 245 g/mol. The van der Waals surface area contributed by atoms with Crippen LogP contribution in [0.2, 0.25) is 0 Å². The second-order valence-corrected chi connectivity index (χ2v) is 3.79. The van der Waals surface area contributed by atoms with Crippen molar-refractivity contribution >= 4 is 0 Å². The summed E-state index contributed by atoms with van der Waals surface area (Å²) in [4.78, 5) is 4.07. The molecule has 18 heavy (non-hydrogen) atoms. The fraction of sp³-hybridized carbons (Fsp3) is 0.250. The molecule has 0 aliphatic rings. The van der Waals surface area contributed by atoms with Gasteiger partial charge in [-0.3, -0.25) is 0 Å². The first-order valence-corrected chi connectivity index (χ1v) is 5.26. The minimum Gasteiger partial charge on any atom is -0.406 e. The number of aromatic nitrogens is 2. The molecule has 0 unspecified atom stereocenters. The molecule has 2 aromatic rings. The van der Waals surface area contributed by atoms with Gasteiger partial charge < -0.3 is 9.30 Å². The molecule has 0 saturated heterocycles. The molecule has 0 fully saturated rings. The normalized spacial score (nSPS) is 11.6. The van der Waals surface area contributed by atoms with E-state index in [1.165, 1.54) is 12.1 Å². The zero-order chi connectivity index (χ0) is 13.2. The van der Waals surface area contributed by atoms with Crippen molar-refractivity contribution in [1.29, 1.82) is 0 Å². The predicted molar refractivity (Wildman–Crippen MR) is 59.2 cm³/mol. The second kappa shape index (κ2) is 4.72. The highest BCUT2D eigenvalue weighted by Crippen LogP contribution is 2.22. The first-order valence-electron chi connectivity index (χ1n) is 5.26. The summed E-state index contributed by atoms with van der Waals surface area (Å²) >= 11 is 0. The molecule has 3 nitrogen and oxygen atoms in total. The molecule has 1 aromatic heterocycles. The van der Waals surface area contributed by atoms with E-state index in [1.54, 1.807) is 18.3 Å². The smallest absolute Gasteiger partial charge is 0.406 e. The van der Waals surface area contributed by atoms with Crippen LogP contribution in [0.4, 0.5) is 13.2 Å². The zero-order valence-corrected chi connectivity index (χ0v) is 9.61. The van der Waals surface area contributed by atoms with E-state index in [4.69, 9.17) is 0 Å². The van der Waals surface area contributed by atoms with Crippen LogP contribution in [0.3, 0.4) is 0 Å². The molecule has 0 saturated carbocycles. The molecular formula is C12H11F3N2O. The Balaban J connectivity index is 2.06. The maximum atomic E-state index is 12.0. The SMILES string of the molecule is Cc1nccn1Cc1ccc(OC(F)(F)F)cc1. The highest BCUT2D eigenvalue weighted by atomic mass is 19.4. The van der Waals surface area contributed by atoms with Crippen LogP contribution < -0.4 is 4.74 Å². The Kier molecular flexibility index (Phi) is 3.27. The first kappa shape index (κ1) is 12.5. The summed E-state index contributed by atoms with van der Waals surface area (Å²) in [6.45, 7) is 2.43. The van der Waals surface area contributed by atoms with Gasteiger partial charge in [0.1, 0.15) is 11.6 Å². The van der Waals surface area contributed by atoms with Gasteiger partial charge in [-0.25, -0.2) is 4.98 Å². The quantitative estimate of drug-likeness (QED) is 0.843. The number of ether oxygens (including phenoxy) is 1. The molecule has 0 aliphatic heterocycles. The summed E-state index contributed by atoms with van der Waals surface area (Å²) in [5.41, 5.74) is 0.880. The summed E-state index contributed by atoms with van der Waals surface area (Å²) in [7, 11) is 0. The van der Waals surface area contributed by atoms with Crippen molar-refractivity contribution in [3.05, 3.63) is 48.0 Å². The number of rotatable bonds is 3. The van der Waals surface area contributed by atoms with Gasteiger partial charge in [0, 0.05) is 18.9 Å². The molecule has 6 heteroatoms. The first-order chi connectivity index (χ1) is 8.44. The van der Waals surface area contributed by atoms with Crippen LogP contribution in [0.25, 0.3) is 0 Å². The predicted octanol–water partition coefficient (Wildman–Crippen LogP) is 3.14. The van der Waals surface area contributed by atoms with Gasteiger partial charge in [0.05, 0.1) is 0 Å². The molecule has 0 N–H and O–H groups in total. The maximum absolute atomic E-state index is 12.0. The highest BCUT2D eigenvalue weighted by molar-refractivity contribution is 5.27. The summed E-state index contributed by atoms with van der Waals surface area (Å²) in [5.74, 6) is 0.638. The highest BCUT2D eigenvalue weighted by Gasteiger charge is 2.30. The van der Waals surface area contributed by atoms with E-state index in [0.717, 1.165) is 11.4 Å². The summed E-state index contributed by atoms with van der Waals surface area (Å²) in [6.07, 6.45) is -1.16. The van der Waals surface area contributed by atoms with Crippen LogP contribution in [0.1, 0.15) is 11.4 Å². The lowest BCUT2D eigenvalue weighted by atomic mass is 10.2. The van der Waals surface area contributed by atoms with Crippen LogP contribution in [0, 0.1) is 6.92 Å². The molecule has 0 radical (unpaired) electrons. The molecule has 96 valence electrons. The van der Waals surface area contributed by atoms with Crippen LogP contribution in [0.15, 0.2) is 36.7 Å². The Morgan fingerprint density at radius 1 is 1.22 bits per heavy atom. The monoisotopic (exact) mass is 256 g/mol. The van der Waals surface area contributed by atoms with Gasteiger partial charge in [0.2, 0.25) is 0 Å². The van der Waals surface area contributed by atoms with E-state index >= 15 is 0 Å². The number of benzene rings is 1. The van der Waals surface area contributed by atoms with Crippen molar-refractivity contribution in [2.45, 2.75) is 19.8 Å². The van der Waals surface area contributed by atoms with Gasteiger partial charge in [0.25, 0.3) is 0 Å². The fourth-order valence-electron chi connectivity index (χ4n) is 1.56. The van der Waals surface area contributed by atoms with E-state index < -0.39 is 6.36 Å². The number of hydrogen-bond donors (Lipinski definition) is 0. The number of nitrogens with zero attached hydrogens (tertiary/aromatic N) is 2. The van der Waals surface area contributed by atoms with Gasteiger partial charge >= 0.3 is 6.36 Å². The van der Waals surface area contributed by atoms with Gasteiger partial charge in [-0.2, -0.15) is 0 Å². The molecule has 1 aromatic carbocycles. The van der Waals surface area contributed by atoms with Crippen molar-refractivity contribution in [3.8, 4) is 5.75 Å². The topological polar surface area (TPSA) is 27.1 Å². The van der Waals surface area contributed by atoms with Crippen LogP contribution >= 0.6 is 0 Å². The van der Waals surface area contributed by atoms with E-state index in [1.807, 2.05) is 17.7 Å². The number of alkyl halides is 3. The fourth-order valence-corrected chi connectivity index (χ4v) is 1.56. The molecule has 1 heterocycles. The Morgan fingerprint density at radius 3 is 2.39 bits per heavy atom. The molecule has 0 atom stereocenters. The van der Waals surface area contributed by atoms with E-state index in [-0.39, 0.29) is 5.75 Å². The minimum absolute atomic E-state index is 0.214. The average Bonchev–Trinajstić information content (AvgIpc) is 2.65. The van der Waals surface area contributed by atoms with Crippen molar-refractivity contribution in [3.63, 3.8) is 0 Å². The molecule has 0 aliphatic carbocycles. The van der Waals surface area contributed by atoms with Gasteiger partial charge in [-0.05, 0) is 24.6 Å². The Hall–Kier alpha value is -1.98. The maximum Gasteiger partial charge on any atom is 0.573 e. The molecule has 0 spiro atoms. The lowest BCUT2D eigenvalue weighted by Gasteiger charge is -2.10. The third-order valence-electron chi connectivity index (χ3n) is 2.43. The Morgan fingerprint density at radius 2 is 1.89 bits per heavy atom. The lowest BCUT2D eigenvalue weighted by Crippen LogP contribution is -2.17. The number of aryl methyl sites for hydroxylation is 1. The number of halogens is 3. The Labute approximate surface area is 102 Å². The van der Waals surface area contributed by atoms with Crippen molar-refractivity contribution < 1.29 is 17.9 Å². The number of imidazole rings is 1. The third kappa shape index (κ3) is 3.26. The summed E-state index contributed by atoms with van der Waals surface area (Å²) in [5, 5.41) is 0. The largest absolute Gasteiger partial charge is 0.573 e. The van der Waals surface area contributed by atoms with E-state index in [2.05, 4.69) is 9.72 Å². The van der Waals surface area contributed by atoms with E-state index in [9.17, 15) is 13.2 Å². The standard InChI is InChI=1S/C12H11F3N2O/c1-9-16-6-7-17(9)8-10-2-4-11(5-3-10)18-12(13,14)15/h2-7H,8H2,1H3. The van der Waals surface area contributed by atoms with Crippen molar-refractivity contribution in [2.24, 2.45) is 0 Å². The molecule has 0 bridgehead atoms. The van der Waals surface area contributed by atoms with Crippen LogP contribution in [-0.4, -0.2) is 15.9 Å². The lowest BCUT2D eigenvalue weighted by molar-refractivity contribution is -0.274. The van der Waals surface area contributed by atoms with Crippen LogP contribution in [-0.2, 0) is 6.54 Å². The van der Waals surface area contributed by atoms with Crippen LogP contribution in [0.5, 0.6) is 5.75 Å². The van der Waals surface area contributed by atoms with E-state index in [0.29, 0.717) is 6.54 Å². The van der Waals surface area contributed by atoms with Gasteiger partial charge in [-0.1, -0.05) is 12.1 Å². The minimum atomic E-state index is -4.65. The van der Waals surface area contributed by atoms with Gasteiger partial charge in [0.15, 0.2) is 0 Å². The molecule has 0 amide bonds. The summed E-state index contributed by atoms with van der Waals surface area (Å²) < 4.78 is 41.6. The Bertz CT molecular complexity index is 517. The van der Waals surface area contributed by atoms with Crippen molar-refractivity contribution in [1.82, 2.24) is 9.55 Å². The average molecular weight is 256 g/mol.